The lowest BCUT2D eigenvalue weighted by molar-refractivity contribution is 0.0941. The summed E-state index contributed by atoms with van der Waals surface area (Å²) in [6.07, 6.45) is 6.43. The van der Waals surface area contributed by atoms with Crippen molar-refractivity contribution in [3.8, 4) is 0 Å². The van der Waals surface area contributed by atoms with E-state index in [4.69, 9.17) is 4.74 Å². The highest BCUT2D eigenvalue weighted by Gasteiger charge is 2.26. The molecule has 28 heavy (non-hydrogen) atoms. The molecule has 4 nitrogen and oxygen atoms in total. The van der Waals surface area contributed by atoms with Gasteiger partial charge in [0.05, 0.1) is 18.4 Å². The molecule has 1 aromatic heterocycles. The average Bonchev–Trinajstić information content (AvgIpc) is 2.62. The number of aromatic nitrogens is 1. The molecule has 4 heteroatoms. The molecule has 150 valence electrons. The number of aryl methyl sites for hydroxylation is 2. The van der Waals surface area contributed by atoms with Gasteiger partial charge in [0.15, 0.2) is 0 Å². The van der Waals surface area contributed by atoms with E-state index in [2.05, 4.69) is 36.0 Å². The second kappa shape index (κ2) is 9.07. The van der Waals surface area contributed by atoms with Crippen LogP contribution in [-0.4, -0.2) is 22.6 Å². The van der Waals surface area contributed by atoms with Gasteiger partial charge in [-0.05, 0) is 70.4 Å². The first-order chi connectivity index (χ1) is 13.2. The number of nitrogens with zero attached hydrogens (tertiary/aromatic N) is 1. The van der Waals surface area contributed by atoms with Crippen LogP contribution in [0, 0.1) is 13.8 Å². The number of aromatic amines is 1. The minimum Gasteiger partial charge on any atom is -0.368 e. The summed E-state index contributed by atoms with van der Waals surface area (Å²) in [4.78, 5) is 17.5. The number of H-pyrrole nitrogens is 1. The molecule has 0 saturated carbocycles. The summed E-state index contributed by atoms with van der Waals surface area (Å²) in [5.41, 5.74) is 7.95. The standard InChI is InChI=1S/C24H32N2O2/c1-9-21-12-20(13-22-16(5)11-17(6)25-24(22)27)18(7)23(26(21)10-2)19(8)28-14-15(3)4/h9-12,19H,2-3,13-14H2,1,4-8H3,(H,25,27)/b21-9-. The van der Waals surface area contributed by atoms with Crippen LogP contribution in [0.5, 0.6) is 0 Å². The summed E-state index contributed by atoms with van der Waals surface area (Å²) in [6.45, 7) is 20.4. The van der Waals surface area contributed by atoms with E-state index < -0.39 is 0 Å². The van der Waals surface area contributed by atoms with E-state index in [0.29, 0.717) is 13.0 Å². The second-order valence-electron chi connectivity index (χ2n) is 7.48. The summed E-state index contributed by atoms with van der Waals surface area (Å²) < 4.78 is 6.03. The molecule has 1 aliphatic heterocycles. The zero-order valence-electron chi connectivity index (χ0n) is 18.0. The van der Waals surface area contributed by atoms with Gasteiger partial charge in [0, 0.05) is 29.6 Å². The molecule has 2 heterocycles. The van der Waals surface area contributed by atoms with Crippen molar-refractivity contribution in [3.63, 3.8) is 0 Å². The number of pyridine rings is 1. The maximum absolute atomic E-state index is 12.5. The minimum atomic E-state index is -0.134. The third-order valence-corrected chi connectivity index (χ3v) is 5.03. The molecule has 0 spiro atoms. The monoisotopic (exact) mass is 380 g/mol. The summed E-state index contributed by atoms with van der Waals surface area (Å²) in [7, 11) is 0. The van der Waals surface area contributed by atoms with E-state index in [0.717, 1.165) is 44.9 Å². The normalized spacial score (nSPS) is 17.0. The van der Waals surface area contributed by atoms with Crippen molar-refractivity contribution >= 4 is 0 Å². The van der Waals surface area contributed by atoms with Gasteiger partial charge in [0.1, 0.15) is 0 Å². The Morgan fingerprint density at radius 2 is 2.04 bits per heavy atom. The van der Waals surface area contributed by atoms with Crippen LogP contribution < -0.4 is 5.56 Å². The van der Waals surface area contributed by atoms with Crippen molar-refractivity contribution in [1.82, 2.24) is 9.88 Å². The van der Waals surface area contributed by atoms with Crippen molar-refractivity contribution in [1.29, 1.82) is 0 Å². The Hall–Kier alpha value is -2.59. The number of hydrogen-bond donors (Lipinski definition) is 1. The molecule has 2 rings (SSSR count). The largest absolute Gasteiger partial charge is 0.368 e. The van der Waals surface area contributed by atoms with Gasteiger partial charge in [-0.3, -0.25) is 4.79 Å². The van der Waals surface area contributed by atoms with Crippen molar-refractivity contribution in [2.24, 2.45) is 0 Å². The molecule has 0 aliphatic carbocycles. The van der Waals surface area contributed by atoms with Crippen LogP contribution in [-0.2, 0) is 11.2 Å². The van der Waals surface area contributed by atoms with Crippen LogP contribution in [0.1, 0.15) is 44.5 Å². The van der Waals surface area contributed by atoms with Crippen molar-refractivity contribution in [2.75, 3.05) is 6.61 Å². The van der Waals surface area contributed by atoms with Gasteiger partial charge in [-0.15, -0.1) is 0 Å². The zero-order valence-corrected chi connectivity index (χ0v) is 18.0. The molecule has 1 N–H and O–H groups in total. The Morgan fingerprint density at radius 1 is 1.36 bits per heavy atom. The number of nitrogens with one attached hydrogen (secondary N) is 1. The van der Waals surface area contributed by atoms with Crippen LogP contribution >= 0.6 is 0 Å². The predicted molar refractivity (Wildman–Crippen MR) is 117 cm³/mol. The molecule has 0 amide bonds. The van der Waals surface area contributed by atoms with Gasteiger partial charge >= 0.3 is 0 Å². The Kier molecular flexibility index (Phi) is 7.03. The van der Waals surface area contributed by atoms with Crippen LogP contribution in [0.25, 0.3) is 0 Å². The minimum absolute atomic E-state index is 0.0208. The van der Waals surface area contributed by atoms with E-state index in [1.165, 1.54) is 0 Å². The van der Waals surface area contributed by atoms with E-state index in [-0.39, 0.29) is 11.7 Å². The Labute approximate surface area is 168 Å². The van der Waals surface area contributed by atoms with E-state index in [1.807, 2.05) is 53.0 Å². The van der Waals surface area contributed by atoms with Crippen LogP contribution in [0.15, 0.2) is 70.5 Å². The highest BCUT2D eigenvalue weighted by atomic mass is 16.5. The molecule has 0 saturated heterocycles. The lowest BCUT2D eigenvalue weighted by Gasteiger charge is -2.35. The maximum Gasteiger partial charge on any atom is 0.251 e. The van der Waals surface area contributed by atoms with Gasteiger partial charge in [-0.2, -0.15) is 0 Å². The van der Waals surface area contributed by atoms with Crippen LogP contribution in [0.3, 0.4) is 0 Å². The van der Waals surface area contributed by atoms with Crippen molar-refractivity contribution in [2.45, 2.75) is 54.1 Å². The summed E-state index contributed by atoms with van der Waals surface area (Å²) in [6, 6.07) is 2.02. The van der Waals surface area contributed by atoms with E-state index in [9.17, 15) is 4.79 Å². The second-order valence-corrected chi connectivity index (χ2v) is 7.48. The fraction of sp³-hybridized carbons (Fsp3) is 0.375. The van der Waals surface area contributed by atoms with E-state index in [1.54, 1.807) is 0 Å². The van der Waals surface area contributed by atoms with Crippen LogP contribution in [0.2, 0.25) is 0 Å². The predicted octanol–water partition coefficient (Wildman–Crippen LogP) is 5.08. The van der Waals surface area contributed by atoms with Crippen LogP contribution in [0.4, 0.5) is 0 Å². The van der Waals surface area contributed by atoms with Gasteiger partial charge in [-0.1, -0.05) is 24.8 Å². The molecule has 0 bridgehead atoms. The van der Waals surface area contributed by atoms with Gasteiger partial charge < -0.3 is 14.6 Å². The quantitative estimate of drug-likeness (QED) is 0.671. The SMILES string of the molecule is C=CN1C(C(C)OCC(=C)C)=C(C)C(Cc2c(C)cc(C)[nH]c2=O)=C/C1=C/C. The molecule has 1 unspecified atom stereocenters. The lowest BCUT2D eigenvalue weighted by Crippen LogP contribution is -2.30. The fourth-order valence-electron chi connectivity index (χ4n) is 3.59. The first-order valence-electron chi connectivity index (χ1n) is 9.64. The molecule has 1 aromatic rings. The lowest BCUT2D eigenvalue weighted by atomic mass is 9.90. The Balaban J connectivity index is 2.51. The molecule has 1 aliphatic rings. The summed E-state index contributed by atoms with van der Waals surface area (Å²) in [5, 5.41) is 0. The maximum atomic E-state index is 12.5. The third kappa shape index (κ3) is 4.63. The molecule has 1 atom stereocenters. The molecule has 0 radical (unpaired) electrons. The molecular formula is C24H32N2O2. The summed E-state index contributed by atoms with van der Waals surface area (Å²) >= 11 is 0. The highest BCUT2D eigenvalue weighted by Crippen LogP contribution is 2.34. The molecular weight excluding hydrogens is 348 g/mol. The number of rotatable bonds is 7. The highest BCUT2D eigenvalue weighted by molar-refractivity contribution is 5.49. The van der Waals surface area contributed by atoms with Crippen molar-refractivity contribution < 1.29 is 4.74 Å². The van der Waals surface area contributed by atoms with Crippen molar-refractivity contribution in [3.05, 3.63) is 92.9 Å². The fourth-order valence-corrected chi connectivity index (χ4v) is 3.59. The Morgan fingerprint density at radius 3 is 2.57 bits per heavy atom. The topological polar surface area (TPSA) is 45.3 Å². The Bertz CT molecular complexity index is 928. The average molecular weight is 381 g/mol. The summed E-state index contributed by atoms with van der Waals surface area (Å²) in [5.74, 6) is 0. The van der Waals surface area contributed by atoms with E-state index >= 15 is 0 Å². The zero-order chi connectivity index (χ0) is 21.0. The van der Waals surface area contributed by atoms with Gasteiger partial charge in [-0.25, -0.2) is 0 Å². The molecule has 0 fully saturated rings. The first-order valence-corrected chi connectivity index (χ1v) is 9.64. The smallest absolute Gasteiger partial charge is 0.251 e. The number of allylic oxidation sites excluding steroid dienone is 4. The number of ether oxygens (including phenoxy) is 1. The van der Waals surface area contributed by atoms with Gasteiger partial charge in [0.25, 0.3) is 5.56 Å². The number of hydrogen-bond acceptors (Lipinski definition) is 3. The third-order valence-electron chi connectivity index (χ3n) is 5.03. The molecule has 0 aromatic carbocycles. The first kappa shape index (κ1) is 21.7. The van der Waals surface area contributed by atoms with Gasteiger partial charge in [0.2, 0.25) is 0 Å².